The molecule has 5 heteroatoms. The van der Waals surface area contributed by atoms with Gasteiger partial charge in [0.2, 0.25) is 5.91 Å². The highest BCUT2D eigenvalue weighted by molar-refractivity contribution is 14.1. The largest absolute Gasteiger partial charge is 0.326 e. The Morgan fingerprint density at radius 1 is 1.60 bits per heavy atom. The van der Waals surface area contributed by atoms with E-state index in [9.17, 15) is 4.79 Å². The maximum absolute atomic E-state index is 11.2. The van der Waals surface area contributed by atoms with E-state index in [1.54, 1.807) is 2.90 Å². The Morgan fingerprint density at radius 3 is 3.13 bits per heavy atom. The molecule has 1 aromatic carbocycles. The van der Waals surface area contributed by atoms with Gasteiger partial charge >= 0.3 is 0 Å². The lowest BCUT2D eigenvalue weighted by molar-refractivity contribution is -0.115. The van der Waals surface area contributed by atoms with Crippen molar-refractivity contribution < 1.29 is 4.79 Å². The number of carbonyl (C=O) groups excluding carboxylic acids is 1. The number of fused-ring (bicyclic) bond motifs is 1. The summed E-state index contributed by atoms with van der Waals surface area (Å²) in [6.07, 6.45) is 2.40. The third-order valence-corrected chi connectivity index (χ3v) is 2.58. The number of rotatable bonds is 2. The van der Waals surface area contributed by atoms with Crippen LogP contribution in [0.4, 0.5) is 5.69 Å². The molecule has 1 heterocycles. The molecule has 2 rings (SSSR count). The van der Waals surface area contributed by atoms with E-state index < -0.39 is 0 Å². The summed E-state index contributed by atoms with van der Waals surface area (Å²) in [6, 6.07) is 5.68. The average Bonchev–Trinajstić information content (AvgIpc) is 2.57. The molecule has 1 N–H and O–H groups in total. The van der Waals surface area contributed by atoms with Crippen LogP contribution in [0.5, 0.6) is 0 Å². The van der Waals surface area contributed by atoms with Gasteiger partial charge < -0.3 is 5.32 Å². The Kier molecular flexibility index (Phi) is 2.90. The van der Waals surface area contributed by atoms with Gasteiger partial charge in [0.1, 0.15) is 0 Å². The van der Waals surface area contributed by atoms with Crippen molar-refractivity contribution in [2.24, 2.45) is 0 Å². The van der Waals surface area contributed by atoms with E-state index in [1.165, 1.54) is 0 Å². The second-order valence-corrected chi connectivity index (χ2v) is 4.18. The van der Waals surface area contributed by atoms with Crippen molar-refractivity contribution >= 4 is 45.4 Å². The topological polar surface area (TPSA) is 46.9 Å². The van der Waals surface area contributed by atoms with Gasteiger partial charge in [0, 0.05) is 23.7 Å². The lowest BCUT2D eigenvalue weighted by Crippen LogP contribution is -2.08. The van der Waals surface area contributed by atoms with Crippen molar-refractivity contribution in [3.63, 3.8) is 0 Å². The van der Waals surface area contributed by atoms with Crippen LogP contribution in [0.3, 0.4) is 0 Å². The van der Waals surface area contributed by atoms with E-state index in [2.05, 4.69) is 33.3 Å². The predicted molar refractivity (Wildman–Crippen MR) is 68.1 cm³/mol. The molecule has 0 aliphatic heterocycles. The van der Waals surface area contributed by atoms with Crippen molar-refractivity contribution in [3.05, 3.63) is 24.4 Å². The first-order valence-electron chi connectivity index (χ1n) is 4.64. The highest BCUT2D eigenvalue weighted by Crippen LogP contribution is 2.18. The molecular weight excluding hydrogens is 305 g/mol. The first-order chi connectivity index (χ1) is 7.19. The molecule has 15 heavy (non-hydrogen) atoms. The van der Waals surface area contributed by atoms with Crippen molar-refractivity contribution in [3.8, 4) is 0 Å². The fraction of sp³-hybridized carbons (Fsp3) is 0.200. The van der Waals surface area contributed by atoms with Gasteiger partial charge in [0.25, 0.3) is 0 Å². The number of amides is 1. The second kappa shape index (κ2) is 4.18. The molecule has 0 spiro atoms. The third-order valence-electron chi connectivity index (χ3n) is 2.08. The van der Waals surface area contributed by atoms with Crippen LogP contribution < -0.4 is 5.32 Å². The van der Waals surface area contributed by atoms with Crippen LogP contribution in [0.25, 0.3) is 10.9 Å². The molecule has 0 radical (unpaired) electrons. The Balaban J connectivity index is 2.33. The van der Waals surface area contributed by atoms with E-state index in [-0.39, 0.29) is 5.91 Å². The second-order valence-electron chi connectivity index (χ2n) is 3.19. The highest BCUT2D eigenvalue weighted by Gasteiger charge is 2.02. The summed E-state index contributed by atoms with van der Waals surface area (Å²) in [7, 11) is 0. The number of nitrogens with one attached hydrogen (secondary N) is 1. The lowest BCUT2D eigenvalue weighted by Gasteiger charge is -2.02. The minimum Gasteiger partial charge on any atom is -0.326 e. The van der Waals surface area contributed by atoms with Crippen LogP contribution in [0.2, 0.25) is 0 Å². The van der Waals surface area contributed by atoms with Gasteiger partial charge in [0.15, 0.2) is 0 Å². The summed E-state index contributed by atoms with van der Waals surface area (Å²) in [4.78, 5) is 11.2. The summed E-state index contributed by atoms with van der Waals surface area (Å²) in [5.74, 6) is 0.0243. The van der Waals surface area contributed by atoms with Crippen molar-refractivity contribution in [2.75, 3.05) is 5.32 Å². The zero-order valence-corrected chi connectivity index (χ0v) is 10.4. The van der Waals surface area contributed by atoms with Crippen LogP contribution in [0.15, 0.2) is 24.4 Å². The van der Waals surface area contributed by atoms with Crippen LogP contribution >= 0.6 is 22.9 Å². The van der Waals surface area contributed by atoms with Crippen LogP contribution in [0, 0.1) is 0 Å². The molecule has 0 aliphatic carbocycles. The van der Waals surface area contributed by atoms with E-state index in [1.807, 2.05) is 31.3 Å². The number of aromatic nitrogens is 2. The SMILES string of the molecule is CCC(=O)Nc1ccc2nn(I)cc2c1. The van der Waals surface area contributed by atoms with E-state index in [0.29, 0.717) is 6.42 Å². The first kappa shape index (κ1) is 10.4. The van der Waals surface area contributed by atoms with Gasteiger partial charge in [0.05, 0.1) is 28.4 Å². The predicted octanol–water partition coefficient (Wildman–Crippen LogP) is 2.58. The van der Waals surface area contributed by atoms with Gasteiger partial charge in [-0.1, -0.05) is 6.92 Å². The van der Waals surface area contributed by atoms with Gasteiger partial charge in [-0.25, -0.2) is 2.90 Å². The summed E-state index contributed by atoms with van der Waals surface area (Å²) in [5.41, 5.74) is 1.75. The van der Waals surface area contributed by atoms with E-state index >= 15 is 0 Å². The molecule has 2 aromatic rings. The number of nitrogens with zero attached hydrogens (tertiary/aromatic N) is 2. The van der Waals surface area contributed by atoms with Crippen molar-refractivity contribution in [2.45, 2.75) is 13.3 Å². The molecule has 0 saturated carbocycles. The molecule has 4 nitrogen and oxygen atoms in total. The zero-order chi connectivity index (χ0) is 10.8. The Hall–Kier alpha value is -1.11. The molecule has 1 aromatic heterocycles. The number of carbonyl (C=O) groups is 1. The van der Waals surface area contributed by atoms with Crippen molar-refractivity contribution in [1.29, 1.82) is 0 Å². The molecule has 1 amide bonds. The molecule has 78 valence electrons. The molecular formula is C10H10IN3O. The van der Waals surface area contributed by atoms with Gasteiger partial charge in [-0.3, -0.25) is 4.79 Å². The molecule has 0 aliphatic rings. The monoisotopic (exact) mass is 315 g/mol. The molecule has 0 bridgehead atoms. The van der Waals surface area contributed by atoms with Crippen LogP contribution in [0.1, 0.15) is 13.3 Å². The van der Waals surface area contributed by atoms with E-state index in [0.717, 1.165) is 16.6 Å². The summed E-state index contributed by atoms with van der Waals surface area (Å²) in [5, 5.41) is 8.08. The average molecular weight is 315 g/mol. The quantitative estimate of drug-likeness (QED) is 0.866. The number of benzene rings is 1. The minimum atomic E-state index is 0.0243. The van der Waals surface area contributed by atoms with Gasteiger partial charge in [-0.05, 0) is 18.2 Å². The fourth-order valence-corrected chi connectivity index (χ4v) is 1.86. The van der Waals surface area contributed by atoms with Crippen LogP contribution in [-0.2, 0) is 4.79 Å². The summed E-state index contributed by atoms with van der Waals surface area (Å²) in [6.45, 7) is 1.83. The number of halogens is 1. The fourth-order valence-electron chi connectivity index (χ4n) is 1.32. The smallest absolute Gasteiger partial charge is 0.224 e. The Morgan fingerprint density at radius 2 is 2.40 bits per heavy atom. The van der Waals surface area contributed by atoms with Gasteiger partial charge in [-0.15, -0.1) is 0 Å². The molecule has 0 fully saturated rings. The third kappa shape index (κ3) is 2.28. The summed E-state index contributed by atoms with van der Waals surface area (Å²) < 4.78 is 1.73. The molecule has 0 saturated heterocycles. The standard InChI is InChI=1S/C10H10IN3O/c1-2-10(15)12-8-3-4-9-7(5-8)6-14(11)13-9/h3-6H,2H2,1H3,(H,12,15). The Bertz CT molecular complexity index is 506. The lowest BCUT2D eigenvalue weighted by atomic mass is 10.2. The zero-order valence-electron chi connectivity index (χ0n) is 8.20. The maximum atomic E-state index is 11.2. The summed E-state index contributed by atoms with van der Waals surface area (Å²) >= 11 is 2.10. The van der Waals surface area contributed by atoms with Crippen molar-refractivity contribution in [1.82, 2.24) is 7.99 Å². The van der Waals surface area contributed by atoms with Crippen LogP contribution in [-0.4, -0.2) is 13.9 Å². The number of anilines is 1. The van der Waals surface area contributed by atoms with Gasteiger partial charge in [-0.2, -0.15) is 5.10 Å². The highest BCUT2D eigenvalue weighted by atomic mass is 127. The maximum Gasteiger partial charge on any atom is 0.224 e. The first-order valence-corrected chi connectivity index (χ1v) is 5.61. The molecule has 0 atom stereocenters. The molecule has 0 unspecified atom stereocenters. The van der Waals surface area contributed by atoms with E-state index in [4.69, 9.17) is 0 Å². The Labute approximate surface area is 101 Å². The normalized spacial score (nSPS) is 10.5. The number of hydrogen-bond acceptors (Lipinski definition) is 2. The minimum absolute atomic E-state index is 0.0243. The number of hydrogen-bond donors (Lipinski definition) is 1.